The van der Waals surface area contributed by atoms with Crippen molar-refractivity contribution in [2.45, 2.75) is 169 Å². The molecule has 1 fully saturated rings. The van der Waals surface area contributed by atoms with Crippen LogP contribution in [-0.2, 0) is 42.4 Å². The lowest BCUT2D eigenvalue weighted by atomic mass is 9.88. The molecule has 2 rings (SSSR count). The maximum absolute atomic E-state index is 13.8. The number of carbonyl (C=O) groups is 3. The third kappa shape index (κ3) is 15.7. The van der Waals surface area contributed by atoms with E-state index in [0.29, 0.717) is 32.7 Å². The van der Waals surface area contributed by atoms with Crippen LogP contribution in [0.4, 0.5) is 4.79 Å². The zero-order chi connectivity index (χ0) is 41.3. The molecule has 0 aromatic carbocycles. The Morgan fingerprint density at radius 1 is 1.05 bits per heavy atom. The molecule has 0 aliphatic carbocycles. The van der Waals surface area contributed by atoms with Crippen molar-refractivity contribution < 1.29 is 47.2 Å². The van der Waals surface area contributed by atoms with Crippen molar-refractivity contribution >= 4 is 26.3 Å². The predicted octanol–water partition coefficient (Wildman–Crippen LogP) is 8.82. The Morgan fingerprint density at radius 3 is 2.31 bits per heavy atom. The molecule has 2 aliphatic rings. The van der Waals surface area contributed by atoms with E-state index in [2.05, 4.69) is 40.7 Å². The Hall–Kier alpha value is -2.51. The molecule has 0 radical (unpaired) electrons. The summed E-state index contributed by atoms with van der Waals surface area (Å²) >= 11 is 0. The smallest absolute Gasteiger partial charge is 0.409 e. The van der Waals surface area contributed by atoms with Gasteiger partial charge in [-0.25, -0.2) is 4.79 Å². The second-order valence-corrected chi connectivity index (χ2v) is 20.7. The van der Waals surface area contributed by atoms with E-state index >= 15 is 0 Å². The number of esters is 2. The van der Waals surface area contributed by atoms with Gasteiger partial charge in [0.2, 0.25) is 0 Å². The summed E-state index contributed by atoms with van der Waals surface area (Å²) in [6.07, 6.45) is 10.8. The van der Waals surface area contributed by atoms with Gasteiger partial charge in [0.25, 0.3) is 0 Å². The highest BCUT2D eigenvalue weighted by Crippen LogP contribution is 2.38. The van der Waals surface area contributed by atoms with E-state index in [1.165, 1.54) is 11.8 Å². The summed E-state index contributed by atoms with van der Waals surface area (Å²) in [5.74, 6) is -0.603. The van der Waals surface area contributed by atoms with Gasteiger partial charge in [-0.2, -0.15) is 0 Å². The first-order valence-electron chi connectivity index (χ1n) is 20.8. The minimum Gasteiger partial charge on any atom is -0.457 e. The minimum absolute atomic E-state index is 0.0525. The van der Waals surface area contributed by atoms with Gasteiger partial charge in [-0.1, -0.05) is 72.8 Å². The quantitative estimate of drug-likeness (QED) is 0.0225. The molecular formula is C43H75NO10Si. The molecule has 11 nitrogen and oxygen atoms in total. The second kappa shape index (κ2) is 23.7. The van der Waals surface area contributed by atoms with E-state index in [0.717, 1.165) is 36.5 Å². The van der Waals surface area contributed by atoms with Crippen LogP contribution in [0, 0.1) is 17.8 Å². The first-order valence-corrected chi connectivity index (χ1v) is 23.3. The summed E-state index contributed by atoms with van der Waals surface area (Å²) < 4.78 is 43.0. The van der Waals surface area contributed by atoms with Crippen LogP contribution in [-0.4, -0.2) is 107 Å². The summed E-state index contributed by atoms with van der Waals surface area (Å²) in [4.78, 5) is 39.8. The van der Waals surface area contributed by atoms with Crippen molar-refractivity contribution in [3.05, 3.63) is 36.0 Å². The molecule has 0 aromatic rings. The third-order valence-corrected chi connectivity index (χ3v) is 16.1. The first-order chi connectivity index (χ1) is 26.0. The molecule has 12 heteroatoms. The Balaban J connectivity index is 2.34. The molecule has 2 heterocycles. The molecule has 316 valence electrons. The molecule has 1 saturated heterocycles. The molecule has 10 unspecified atom stereocenters. The highest BCUT2D eigenvalue weighted by molar-refractivity contribution is 6.73. The fourth-order valence-electron chi connectivity index (χ4n) is 7.45. The van der Waals surface area contributed by atoms with Crippen LogP contribution in [0.15, 0.2) is 36.0 Å². The minimum atomic E-state index is -2.09. The van der Waals surface area contributed by atoms with Gasteiger partial charge in [0, 0.05) is 39.5 Å². The molecule has 0 N–H and O–H groups in total. The Labute approximate surface area is 334 Å². The summed E-state index contributed by atoms with van der Waals surface area (Å²) in [7, 11) is 1.28. The molecule has 0 aromatic heterocycles. The van der Waals surface area contributed by atoms with Crippen molar-refractivity contribution in [2.75, 3.05) is 33.9 Å². The molecule has 2 aliphatic heterocycles. The Morgan fingerprint density at radius 2 is 1.73 bits per heavy atom. The van der Waals surface area contributed by atoms with Gasteiger partial charge < -0.3 is 37.7 Å². The van der Waals surface area contributed by atoms with Crippen LogP contribution >= 0.6 is 0 Å². The number of hydrogen-bond acceptors (Lipinski definition) is 10. The van der Waals surface area contributed by atoms with Gasteiger partial charge in [0.15, 0.2) is 8.32 Å². The number of nitrogens with zero attached hydrogens (tertiary/aromatic N) is 1. The average molecular weight is 794 g/mol. The standard InChI is InChI=1S/C43H75NO10Si/c1-14-36(52-42(47)44(12)13)33(9)41-37(51-41)28-30(6)20-19-21-31(7)40-32(8)22-23-38(50-34(10)45)43(11,49-27-26-48-15-2)25-24-35(29-39(46)53-40)54-55(16-3,17-4)18-5/h19-23,30,32-33,35-38,40-41H,14-18,24-29H2,1-13H3/b20-19+,23-22+,31-21+. The summed E-state index contributed by atoms with van der Waals surface area (Å²) in [6, 6.07) is 2.87. The number of cyclic esters (lactones) is 1. The van der Waals surface area contributed by atoms with E-state index in [4.69, 9.17) is 32.8 Å². The maximum Gasteiger partial charge on any atom is 0.409 e. The van der Waals surface area contributed by atoms with Gasteiger partial charge in [-0.05, 0) is 82.2 Å². The van der Waals surface area contributed by atoms with Gasteiger partial charge in [-0.3, -0.25) is 9.59 Å². The van der Waals surface area contributed by atoms with Crippen LogP contribution in [0.25, 0.3) is 0 Å². The SMILES string of the molecule is CCOCCOC1(C)CCC(O[Si](CC)(CC)CC)CC(=O)OC(/C(C)=C/C=C/C(C)CC2OC2C(C)C(CC)OC(=O)N(C)C)C(C)/C=C/C1OC(C)=O. The first kappa shape index (κ1) is 48.6. The largest absolute Gasteiger partial charge is 0.457 e. The number of rotatable bonds is 20. The highest BCUT2D eigenvalue weighted by atomic mass is 28.4. The van der Waals surface area contributed by atoms with E-state index in [1.54, 1.807) is 14.1 Å². The van der Waals surface area contributed by atoms with E-state index in [9.17, 15) is 14.4 Å². The van der Waals surface area contributed by atoms with Crippen molar-refractivity contribution in [2.24, 2.45) is 17.8 Å². The fourth-order valence-corrected chi connectivity index (χ4v) is 10.4. The van der Waals surface area contributed by atoms with Gasteiger partial charge in [-0.15, -0.1) is 0 Å². The van der Waals surface area contributed by atoms with Crippen molar-refractivity contribution in [3.8, 4) is 0 Å². The maximum atomic E-state index is 13.8. The molecule has 55 heavy (non-hydrogen) atoms. The van der Waals surface area contributed by atoms with Gasteiger partial charge >= 0.3 is 18.0 Å². The lowest BCUT2D eigenvalue weighted by molar-refractivity contribution is -0.166. The van der Waals surface area contributed by atoms with Crippen molar-refractivity contribution in [1.82, 2.24) is 4.90 Å². The number of ether oxygens (including phenoxy) is 6. The molecule has 0 saturated carbocycles. The van der Waals surface area contributed by atoms with Crippen LogP contribution in [0.5, 0.6) is 0 Å². The monoisotopic (exact) mass is 794 g/mol. The van der Waals surface area contributed by atoms with Crippen molar-refractivity contribution in [3.63, 3.8) is 0 Å². The Kier molecular flexibility index (Phi) is 20.9. The normalized spacial score (nSPS) is 29.0. The van der Waals surface area contributed by atoms with Crippen molar-refractivity contribution in [1.29, 1.82) is 0 Å². The summed E-state index contributed by atoms with van der Waals surface area (Å²) in [5.41, 5.74) is 0.0129. The lowest BCUT2D eigenvalue weighted by Crippen LogP contribution is -2.47. The van der Waals surface area contributed by atoms with Gasteiger partial charge in [0.05, 0.1) is 37.9 Å². The van der Waals surface area contributed by atoms with E-state index in [1.807, 2.05) is 58.9 Å². The Bertz CT molecular complexity index is 1270. The summed E-state index contributed by atoms with van der Waals surface area (Å²) in [6.45, 7) is 23.4. The summed E-state index contributed by atoms with van der Waals surface area (Å²) in [5, 5.41) is 0. The topological polar surface area (TPSA) is 122 Å². The number of amides is 1. The fraction of sp³-hybridized carbons (Fsp3) is 0.791. The lowest BCUT2D eigenvalue weighted by Gasteiger charge is -2.39. The highest BCUT2D eigenvalue weighted by Gasteiger charge is 2.46. The predicted molar refractivity (Wildman–Crippen MR) is 219 cm³/mol. The van der Waals surface area contributed by atoms with Gasteiger partial charge in [0.1, 0.15) is 23.9 Å². The number of allylic oxidation sites excluding steroid dienone is 3. The third-order valence-electron chi connectivity index (χ3n) is 11.4. The zero-order valence-electron chi connectivity index (χ0n) is 36.4. The van der Waals surface area contributed by atoms with E-state index < -0.39 is 32.1 Å². The molecule has 10 atom stereocenters. The molecule has 0 spiro atoms. The van der Waals surface area contributed by atoms with Crippen LogP contribution in [0.3, 0.4) is 0 Å². The second-order valence-electron chi connectivity index (χ2n) is 16.0. The van der Waals surface area contributed by atoms with Crippen LogP contribution < -0.4 is 0 Å². The zero-order valence-corrected chi connectivity index (χ0v) is 37.4. The molecule has 1 amide bonds. The van der Waals surface area contributed by atoms with Crippen LogP contribution in [0.1, 0.15) is 108 Å². The molecular weight excluding hydrogens is 719 g/mol. The average Bonchev–Trinajstić information content (AvgIpc) is 3.91. The van der Waals surface area contributed by atoms with E-state index in [-0.39, 0.29) is 60.7 Å². The van der Waals surface area contributed by atoms with Crippen LogP contribution in [0.2, 0.25) is 18.1 Å². The number of hydrogen-bond donors (Lipinski definition) is 0. The number of epoxide rings is 1. The molecule has 0 bridgehead atoms. The number of carbonyl (C=O) groups excluding carboxylic acids is 3.